The molecule has 2 aromatic rings. The van der Waals surface area contributed by atoms with Gasteiger partial charge in [0.15, 0.2) is 5.69 Å². The molecule has 5 heteroatoms. The monoisotopic (exact) mass is 258 g/mol. The number of nitrogens with zero attached hydrogens (tertiary/aromatic N) is 3. The van der Waals surface area contributed by atoms with Crippen LogP contribution >= 0.6 is 0 Å². The summed E-state index contributed by atoms with van der Waals surface area (Å²) in [5.74, 6) is -0.211. The fourth-order valence-electron chi connectivity index (χ4n) is 1.89. The van der Waals surface area contributed by atoms with Crippen molar-refractivity contribution in [3.05, 3.63) is 42.0 Å². The van der Waals surface area contributed by atoms with Crippen LogP contribution in [0.5, 0.6) is 0 Å². The lowest BCUT2D eigenvalue weighted by Gasteiger charge is -2.21. The van der Waals surface area contributed by atoms with E-state index in [1.165, 1.54) is 0 Å². The van der Waals surface area contributed by atoms with E-state index in [0.717, 1.165) is 5.69 Å². The molecule has 0 aromatic carbocycles. The van der Waals surface area contributed by atoms with Crippen LogP contribution in [0.2, 0.25) is 0 Å². The Morgan fingerprint density at radius 2 is 1.89 bits per heavy atom. The maximum absolute atomic E-state index is 12.1. The topological polar surface area (TPSA) is 59.8 Å². The molecule has 0 fully saturated rings. The number of pyridine rings is 1. The van der Waals surface area contributed by atoms with Crippen LogP contribution in [0.1, 0.15) is 37.0 Å². The van der Waals surface area contributed by atoms with Crippen molar-refractivity contribution in [2.75, 3.05) is 5.32 Å². The molecule has 1 N–H and O–H groups in total. The van der Waals surface area contributed by atoms with Gasteiger partial charge in [-0.1, -0.05) is 0 Å². The van der Waals surface area contributed by atoms with Gasteiger partial charge in [-0.2, -0.15) is 5.10 Å². The molecular formula is C14H18N4O. The minimum Gasteiger partial charge on any atom is -0.320 e. The molecule has 100 valence electrons. The summed E-state index contributed by atoms with van der Waals surface area (Å²) in [5.41, 5.74) is 1.96. The lowest BCUT2D eigenvalue weighted by atomic mass is 10.1. The Hall–Kier alpha value is -2.17. The largest absolute Gasteiger partial charge is 0.320 e. The summed E-state index contributed by atoms with van der Waals surface area (Å²) in [6, 6.07) is 5.28. The fraction of sp³-hybridized carbons (Fsp3) is 0.357. The molecule has 1 amide bonds. The average Bonchev–Trinajstić information content (AvgIpc) is 2.72. The molecule has 0 saturated carbocycles. The molecule has 0 saturated heterocycles. The number of rotatable bonds is 2. The van der Waals surface area contributed by atoms with Gasteiger partial charge in [0.1, 0.15) is 0 Å². The Morgan fingerprint density at radius 3 is 2.42 bits per heavy atom. The van der Waals surface area contributed by atoms with Gasteiger partial charge in [-0.05, 0) is 45.9 Å². The predicted molar refractivity (Wildman–Crippen MR) is 74.2 cm³/mol. The molecule has 0 spiro atoms. The third-order valence-electron chi connectivity index (χ3n) is 2.69. The highest BCUT2D eigenvalue weighted by Crippen LogP contribution is 2.17. The molecule has 0 unspecified atom stereocenters. The van der Waals surface area contributed by atoms with Crippen LogP contribution in [0.3, 0.4) is 0 Å². The van der Waals surface area contributed by atoms with Gasteiger partial charge in [0, 0.05) is 23.8 Å². The quantitative estimate of drug-likeness (QED) is 0.900. The fourth-order valence-corrected chi connectivity index (χ4v) is 1.89. The number of nitrogens with one attached hydrogen (secondary N) is 1. The van der Waals surface area contributed by atoms with Crippen LogP contribution in [-0.4, -0.2) is 20.7 Å². The number of hydrogen-bond acceptors (Lipinski definition) is 3. The Bertz CT molecular complexity index is 581. The Balaban J connectivity index is 2.21. The van der Waals surface area contributed by atoms with Gasteiger partial charge in [0.05, 0.1) is 5.54 Å². The first-order valence-corrected chi connectivity index (χ1v) is 6.16. The molecule has 0 radical (unpaired) electrons. The summed E-state index contributed by atoms with van der Waals surface area (Å²) in [6.45, 7) is 8.11. The van der Waals surface area contributed by atoms with E-state index in [1.54, 1.807) is 30.6 Å². The number of hydrogen-bond donors (Lipinski definition) is 1. The van der Waals surface area contributed by atoms with Crippen LogP contribution in [0, 0.1) is 6.92 Å². The highest BCUT2D eigenvalue weighted by atomic mass is 16.1. The molecular weight excluding hydrogens is 240 g/mol. The number of anilines is 1. The van der Waals surface area contributed by atoms with E-state index in [-0.39, 0.29) is 11.4 Å². The van der Waals surface area contributed by atoms with E-state index in [1.807, 2.05) is 11.6 Å². The van der Waals surface area contributed by atoms with Gasteiger partial charge in [0.25, 0.3) is 5.91 Å². The van der Waals surface area contributed by atoms with Crippen molar-refractivity contribution in [2.24, 2.45) is 0 Å². The molecule has 0 aliphatic rings. The molecule has 0 bridgehead atoms. The van der Waals surface area contributed by atoms with E-state index in [9.17, 15) is 4.79 Å². The first-order valence-electron chi connectivity index (χ1n) is 6.16. The van der Waals surface area contributed by atoms with Gasteiger partial charge in [-0.3, -0.25) is 14.5 Å². The molecule has 0 aliphatic carbocycles. The van der Waals surface area contributed by atoms with Crippen molar-refractivity contribution >= 4 is 11.6 Å². The minimum atomic E-state index is -0.211. The SMILES string of the molecule is Cc1cc(C(=O)Nc2ccncc2)nn1C(C)(C)C. The van der Waals surface area contributed by atoms with Crippen LogP contribution in [0.4, 0.5) is 5.69 Å². The van der Waals surface area contributed by atoms with Crippen molar-refractivity contribution in [3.63, 3.8) is 0 Å². The Kier molecular flexibility index (Phi) is 3.38. The van der Waals surface area contributed by atoms with Gasteiger partial charge < -0.3 is 5.32 Å². The molecule has 2 aromatic heterocycles. The van der Waals surface area contributed by atoms with E-state index in [0.29, 0.717) is 11.4 Å². The number of carbonyl (C=O) groups is 1. The molecule has 5 nitrogen and oxygen atoms in total. The second kappa shape index (κ2) is 4.84. The first kappa shape index (κ1) is 13.3. The molecule has 2 heterocycles. The zero-order valence-corrected chi connectivity index (χ0v) is 11.6. The van der Waals surface area contributed by atoms with Crippen LogP contribution < -0.4 is 5.32 Å². The van der Waals surface area contributed by atoms with Gasteiger partial charge in [-0.15, -0.1) is 0 Å². The van der Waals surface area contributed by atoms with Crippen molar-refractivity contribution in [3.8, 4) is 0 Å². The second-order valence-corrected chi connectivity index (χ2v) is 5.44. The lowest BCUT2D eigenvalue weighted by Crippen LogP contribution is -2.25. The Morgan fingerprint density at radius 1 is 1.26 bits per heavy atom. The first-order chi connectivity index (χ1) is 8.88. The normalized spacial score (nSPS) is 11.4. The maximum Gasteiger partial charge on any atom is 0.276 e. The van der Waals surface area contributed by atoms with Crippen LogP contribution in [0.25, 0.3) is 0 Å². The molecule has 19 heavy (non-hydrogen) atoms. The second-order valence-electron chi connectivity index (χ2n) is 5.44. The molecule has 0 atom stereocenters. The summed E-state index contributed by atoms with van der Waals surface area (Å²) >= 11 is 0. The third-order valence-corrected chi connectivity index (χ3v) is 2.69. The summed E-state index contributed by atoms with van der Waals surface area (Å²) in [6.07, 6.45) is 3.27. The van der Waals surface area contributed by atoms with Crippen molar-refractivity contribution in [1.82, 2.24) is 14.8 Å². The van der Waals surface area contributed by atoms with Crippen LogP contribution in [-0.2, 0) is 5.54 Å². The van der Waals surface area contributed by atoms with Crippen molar-refractivity contribution in [2.45, 2.75) is 33.2 Å². The number of aromatic nitrogens is 3. The highest BCUT2D eigenvalue weighted by Gasteiger charge is 2.20. The van der Waals surface area contributed by atoms with E-state index in [2.05, 4.69) is 36.2 Å². The minimum absolute atomic E-state index is 0.140. The molecule has 0 aliphatic heterocycles. The van der Waals surface area contributed by atoms with Crippen molar-refractivity contribution < 1.29 is 4.79 Å². The summed E-state index contributed by atoms with van der Waals surface area (Å²) < 4.78 is 1.86. The Labute approximate surface area is 112 Å². The zero-order chi connectivity index (χ0) is 14.0. The van der Waals surface area contributed by atoms with Gasteiger partial charge >= 0.3 is 0 Å². The molecule has 2 rings (SSSR count). The average molecular weight is 258 g/mol. The van der Waals surface area contributed by atoms with E-state index in [4.69, 9.17) is 0 Å². The third kappa shape index (κ3) is 2.99. The summed E-state index contributed by atoms with van der Waals surface area (Å²) in [4.78, 5) is 16.0. The summed E-state index contributed by atoms with van der Waals surface area (Å²) in [7, 11) is 0. The van der Waals surface area contributed by atoms with E-state index >= 15 is 0 Å². The lowest BCUT2D eigenvalue weighted by molar-refractivity contribution is 0.102. The smallest absolute Gasteiger partial charge is 0.276 e. The van der Waals surface area contributed by atoms with E-state index < -0.39 is 0 Å². The standard InChI is InChI=1S/C14H18N4O/c1-10-9-12(17-18(10)14(2,3)4)13(19)16-11-5-7-15-8-6-11/h5-9H,1-4H3,(H,15,16,19). The highest BCUT2D eigenvalue weighted by molar-refractivity contribution is 6.02. The van der Waals surface area contributed by atoms with Crippen molar-refractivity contribution in [1.29, 1.82) is 0 Å². The number of amides is 1. The summed E-state index contributed by atoms with van der Waals surface area (Å²) in [5, 5.41) is 7.16. The zero-order valence-electron chi connectivity index (χ0n) is 11.6. The predicted octanol–water partition coefficient (Wildman–Crippen LogP) is 2.59. The number of carbonyl (C=O) groups excluding carboxylic acids is 1. The number of aryl methyl sites for hydroxylation is 1. The maximum atomic E-state index is 12.1. The van der Waals surface area contributed by atoms with Crippen LogP contribution in [0.15, 0.2) is 30.6 Å². The van der Waals surface area contributed by atoms with Gasteiger partial charge in [0.2, 0.25) is 0 Å². The van der Waals surface area contributed by atoms with Gasteiger partial charge in [-0.25, -0.2) is 0 Å².